The van der Waals surface area contributed by atoms with Crippen LogP contribution in [-0.2, 0) is 19.1 Å². The molecule has 232 valence electrons. The van der Waals surface area contributed by atoms with E-state index in [1.807, 2.05) is 0 Å². The van der Waals surface area contributed by atoms with Crippen molar-refractivity contribution in [2.24, 2.45) is 0 Å². The van der Waals surface area contributed by atoms with Crippen molar-refractivity contribution >= 4 is 23.3 Å². The molecule has 0 radical (unpaired) electrons. The van der Waals surface area contributed by atoms with Crippen LogP contribution in [0.1, 0.15) is 123 Å². The molecule has 1 unspecified atom stereocenters. The number of nitrogens with zero attached hydrogens (tertiary/aromatic N) is 2. The number of ether oxygens (including phenoxy) is 3. The third-order valence-corrected chi connectivity index (χ3v) is 6.68. The number of rotatable bonds is 25. The third-order valence-electron chi connectivity index (χ3n) is 6.68. The van der Waals surface area contributed by atoms with Crippen molar-refractivity contribution in [3.63, 3.8) is 0 Å². The van der Waals surface area contributed by atoms with E-state index in [0.717, 1.165) is 31.4 Å². The van der Waals surface area contributed by atoms with E-state index in [9.17, 15) is 29.8 Å². The predicted molar refractivity (Wildman–Crippen MR) is 156 cm³/mol. The molecule has 0 aliphatic heterocycles. The topological polar surface area (TPSA) is 148 Å². The summed E-state index contributed by atoms with van der Waals surface area (Å²) >= 11 is 0. The largest absolute Gasteiger partial charge is 0.493 e. The normalized spacial score (nSPS) is 11.6. The van der Waals surface area contributed by atoms with E-state index in [1.165, 1.54) is 70.3 Å². The highest BCUT2D eigenvalue weighted by molar-refractivity contribution is 5.70. The molecule has 1 rings (SSSR count). The van der Waals surface area contributed by atoms with Crippen molar-refractivity contribution in [1.82, 2.24) is 0 Å². The fourth-order valence-corrected chi connectivity index (χ4v) is 4.34. The van der Waals surface area contributed by atoms with Crippen LogP contribution < -0.4 is 4.74 Å². The van der Waals surface area contributed by atoms with Gasteiger partial charge >= 0.3 is 23.3 Å². The molecule has 0 saturated carbocycles. The average Bonchev–Trinajstić information content (AvgIpc) is 2.94. The second-order valence-corrected chi connectivity index (χ2v) is 10.4. The van der Waals surface area contributed by atoms with Gasteiger partial charge in [-0.3, -0.25) is 29.8 Å². The Morgan fingerprint density at radius 3 is 1.80 bits per heavy atom. The lowest BCUT2D eigenvalue weighted by Gasteiger charge is -2.13. The lowest BCUT2D eigenvalue weighted by Crippen LogP contribution is -2.22. The maximum Gasteiger partial charge on any atom is 0.349 e. The van der Waals surface area contributed by atoms with Crippen molar-refractivity contribution in [3.8, 4) is 5.75 Å². The Bertz CT molecular complexity index is 923. The number of carbonyl (C=O) groups is 2. The summed E-state index contributed by atoms with van der Waals surface area (Å²) in [6, 6.07) is 3.33. The molecule has 1 atom stereocenters. The Balaban J connectivity index is 2.03. The van der Waals surface area contributed by atoms with Gasteiger partial charge in [0.15, 0.2) is 0 Å². The van der Waals surface area contributed by atoms with Crippen LogP contribution in [0.3, 0.4) is 0 Å². The number of nitro groups is 2. The molecule has 0 spiro atoms. The second kappa shape index (κ2) is 22.4. The molecule has 0 N–H and O–H groups in total. The van der Waals surface area contributed by atoms with E-state index < -0.39 is 33.3 Å². The van der Waals surface area contributed by atoms with Gasteiger partial charge in [0.05, 0.1) is 22.5 Å². The summed E-state index contributed by atoms with van der Waals surface area (Å²) < 4.78 is 15.9. The van der Waals surface area contributed by atoms with Crippen LogP contribution in [0.25, 0.3) is 0 Å². The van der Waals surface area contributed by atoms with Gasteiger partial charge in [-0.15, -0.1) is 0 Å². The summed E-state index contributed by atoms with van der Waals surface area (Å²) in [7, 11) is 0. The van der Waals surface area contributed by atoms with Crippen LogP contribution in [0.15, 0.2) is 18.2 Å². The van der Waals surface area contributed by atoms with Gasteiger partial charge in [0.2, 0.25) is 0 Å². The lowest BCUT2D eigenvalue weighted by atomic mass is 10.0. The Hall–Kier alpha value is -3.24. The van der Waals surface area contributed by atoms with E-state index in [0.29, 0.717) is 19.3 Å². The zero-order valence-corrected chi connectivity index (χ0v) is 24.8. The quantitative estimate of drug-likeness (QED) is 0.0485. The van der Waals surface area contributed by atoms with Crippen LogP contribution in [0.2, 0.25) is 0 Å². The van der Waals surface area contributed by atoms with E-state index in [4.69, 9.17) is 14.2 Å². The second-order valence-electron chi connectivity index (χ2n) is 10.4. The van der Waals surface area contributed by atoms with Crippen molar-refractivity contribution in [3.05, 3.63) is 38.4 Å². The van der Waals surface area contributed by atoms with Crippen LogP contribution >= 0.6 is 0 Å². The number of unbranched alkanes of at least 4 members (excludes halogenated alkanes) is 13. The van der Waals surface area contributed by atoms with Crippen LogP contribution in [0.5, 0.6) is 5.75 Å². The monoisotopic (exact) mass is 580 g/mol. The molecule has 0 aliphatic carbocycles. The Labute approximate surface area is 243 Å². The summed E-state index contributed by atoms with van der Waals surface area (Å²) in [4.78, 5) is 44.2. The highest BCUT2D eigenvalue weighted by atomic mass is 16.6. The maximum atomic E-state index is 12.0. The SMILES string of the molecule is CCCCCCCCCCCCCCCC(=O)OCC(C)OC(=O)CCCCOc1ccc([N+](=O)[O-])c([N+](=O)[O-])c1. The standard InChI is InChI=1S/C30H48N2O9/c1-3-4-5-6-7-8-9-10-11-12-13-14-15-18-29(33)40-24-25(2)41-30(34)19-16-17-22-39-26-20-21-27(31(35)36)28(23-26)32(37)38/h20-21,23,25H,3-19,22,24H2,1-2H3. The van der Waals surface area contributed by atoms with Gasteiger partial charge < -0.3 is 14.2 Å². The van der Waals surface area contributed by atoms with Crippen molar-refractivity contribution in [1.29, 1.82) is 0 Å². The molecule has 0 heterocycles. The summed E-state index contributed by atoms with van der Waals surface area (Å²) in [6.45, 7) is 4.10. The van der Waals surface area contributed by atoms with E-state index in [1.54, 1.807) is 6.92 Å². The first-order valence-electron chi connectivity index (χ1n) is 15.1. The van der Waals surface area contributed by atoms with Gasteiger partial charge in [0.25, 0.3) is 0 Å². The fourth-order valence-electron chi connectivity index (χ4n) is 4.34. The third kappa shape index (κ3) is 17.9. The summed E-state index contributed by atoms with van der Waals surface area (Å²) in [6.07, 6.45) is 17.1. The molecule has 0 aromatic heterocycles. The molecule has 11 nitrogen and oxygen atoms in total. The highest BCUT2D eigenvalue weighted by Gasteiger charge is 2.24. The zero-order valence-electron chi connectivity index (χ0n) is 24.8. The minimum Gasteiger partial charge on any atom is -0.493 e. The number of benzene rings is 1. The average molecular weight is 581 g/mol. The van der Waals surface area contributed by atoms with Gasteiger partial charge in [-0.05, 0) is 32.3 Å². The molecule has 1 aromatic carbocycles. The highest BCUT2D eigenvalue weighted by Crippen LogP contribution is 2.30. The summed E-state index contributed by atoms with van der Waals surface area (Å²) in [5.74, 6) is -0.560. The molecule has 41 heavy (non-hydrogen) atoms. The number of esters is 2. The van der Waals surface area contributed by atoms with Gasteiger partial charge in [-0.25, -0.2) is 0 Å². The van der Waals surface area contributed by atoms with Gasteiger partial charge in [-0.2, -0.15) is 0 Å². The molecule has 1 aromatic rings. The molecule has 0 saturated heterocycles. The Kier molecular flexibility index (Phi) is 19.6. The van der Waals surface area contributed by atoms with Crippen molar-refractivity contribution in [2.45, 2.75) is 129 Å². The molecular formula is C30H48N2O9. The van der Waals surface area contributed by atoms with Crippen LogP contribution in [0.4, 0.5) is 11.4 Å². The van der Waals surface area contributed by atoms with Gasteiger partial charge in [0.1, 0.15) is 18.5 Å². The number of nitro benzene ring substituents is 2. The fraction of sp³-hybridized carbons (Fsp3) is 0.733. The van der Waals surface area contributed by atoms with Crippen LogP contribution in [-0.4, -0.2) is 41.1 Å². The molecule has 0 fully saturated rings. The number of hydrogen-bond donors (Lipinski definition) is 0. The van der Waals surface area contributed by atoms with Crippen LogP contribution in [0, 0.1) is 20.2 Å². The molecule has 0 amide bonds. The van der Waals surface area contributed by atoms with Gasteiger partial charge in [-0.1, -0.05) is 84.0 Å². The smallest absolute Gasteiger partial charge is 0.349 e. The first kappa shape index (κ1) is 35.8. The first-order valence-corrected chi connectivity index (χ1v) is 15.1. The molecular weight excluding hydrogens is 532 g/mol. The summed E-state index contributed by atoms with van der Waals surface area (Å²) in [5, 5.41) is 21.9. The Morgan fingerprint density at radius 1 is 0.732 bits per heavy atom. The number of carbonyl (C=O) groups excluding carboxylic acids is 2. The lowest BCUT2D eigenvalue weighted by molar-refractivity contribution is -0.422. The van der Waals surface area contributed by atoms with E-state index >= 15 is 0 Å². The minimum atomic E-state index is -0.834. The maximum absolute atomic E-state index is 12.0. The predicted octanol–water partition coefficient (Wildman–Crippen LogP) is 8.01. The van der Waals surface area contributed by atoms with E-state index in [-0.39, 0.29) is 31.4 Å². The molecule has 0 aliphatic rings. The van der Waals surface area contributed by atoms with Crippen molar-refractivity contribution < 1.29 is 33.6 Å². The first-order chi connectivity index (χ1) is 19.7. The summed E-state index contributed by atoms with van der Waals surface area (Å²) in [5.41, 5.74) is -1.25. The zero-order chi connectivity index (χ0) is 30.3. The van der Waals surface area contributed by atoms with E-state index in [2.05, 4.69) is 6.92 Å². The minimum absolute atomic E-state index is 0.0189. The number of hydrogen-bond acceptors (Lipinski definition) is 9. The Morgan fingerprint density at radius 2 is 1.24 bits per heavy atom. The molecule has 0 bridgehead atoms. The van der Waals surface area contributed by atoms with Gasteiger partial charge in [0, 0.05) is 18.9 Å². The van der Waals surface area contributed by atoms with Crippen molar-refractivity contribution in [2.75, 3.05) is 13.2 Å². The molecule has 11 heteroatoms.